The Morgan fingerprint density at radius 3 is 2.43 bits per heavy atom. The van der Waals surface area contributed by atoms with Crippen molar-refractivity contribution in [3.8, 4) is 11.6 Å². The van der Waals surface area contributed by atoms with Gasteiger partial charge >= 0.3 is 6.18 Å². The Morgan fingerprint density at radius 2 is 1.80 bits per heavy atom. The Labute approximate surface area is 259 Å². The molecular formula is C31H30BrF3N6O3. The van der Waals surface area contributed by atoms with Crippen molar-refractivity contribution in [2.45, 2.75) is 52.4 Å². The molecule has 2 aromatic heterocycles. The van der Waals surface area contributed by atoms with Crippen LogP contribution in [0.4, 0.5) is 13.2 Å². The van der Waals surface area contributed by atoms with Gasteiger partial charge in [0.15, 0.2) is 0 Å². The number of nitrogens with zero attached hydrogens (tertiary/aromatic N) is 5. The minimum Gasteiger partial charge on any atom is -0.355 e. The number of aromatic nitrogens is 4. The summed E-state index contributed by atoms with van der Waals surface area (Å²) in [6.45, 7) is 5.82. The second-order valence-corrected chi connectivity index (χ2v) is 12.0. The molecule has 1 N–H and O–H groups in total. The van der Waals surface area contributed by atoms with Gasteiger partial charge in [-0.3, -0.25) is 14.4 Å². The van der Waals surface area contributed by atoms with Crippen molar-refractivity contribution in [3.05, 3.63) is 103 Å². The van der Waals surface area contributed by atoms with Gasteiger partial charge in [-0.25, -0.2) is 14.2 Å². The smallest absolute Gasteiger partial charge is 0.355 e. The summed E-state index contributed by atoms with van der Waals surface area (Å²) in [6, 6.07) is 9.37. The van der Waals surface area contributed by atoms with Gasteiger partial charge in [-0.2, -0.15) is 18.3 Å². The number of amides is 2. The van der Waals surface area contributed by atoms with Gasteiger partial charge < -0.3 is 10.2 Å². The summed E-state index contributed by atoms with van der Waals surface area (Å²) >= 11 is 2.92. The lowest BCUT2D eigenvalue weighted by Crippen LogP contribution is -2.46. The maximum Gasteiger partial charge on any atom is 0.417 e. The Hall–Kier alpha value is -4.26. The summed E-state index contributed by atoms with van der Waals surface area (Å²) < 4.78 is 43.4. The van der Waals surface area contributed by atoms with Gasteiger partial charge in [-0.1, -0.05) is 29.8 Å². The summed E-state index contributed by atoms with van der Waals surface area (Å²) in [5, 5.41) is 7.04. The minimum atomic E-state index is -4.65. The van der Waals surface area contributed by atoms with Gasteiger partial charge in [0.05, 0.1) is 29.7 Å². The zero-order valence-corrected chi connectivity index (χ0v) is 26.0. The van der Waals surface area contributed by atoms with Crippen LogP contribution in [-0.2, 0) is 25.6 Å². The number of carbonyl (C=O) groups is 2. The van der Waals surface area contributed by atoms with Gasteiger partial charge in [0, 0.05) is 40.4 Å². The van der Waals surface area contributed by atoms with Crippen LogP contribution >= 0.6 is 15.9 Å². The Kier molecular flexibility index (Phi) is 8.52. The van der Waals surface area contributed by atoms with E-state index in [1.165, 1.54) is 33.3 Å². The number of fused-ring (bicyclic) bond motifs is 1. The molecular weight excluding hydrogens is 641 g/mol. The van der Waals surface area contributed by atoms with Crippen LogP contribution in [0.1, 0.15) is 63.9 Å². The lowest BCUT2D eigenvalue weighted by molar-refractivity contribution is -0.138. The van der Waals surface area contributed by atoms with E-state index in [2.05, 4.69) is 40.2 Å². The van der Waals surface area contributed by atoms with Gasteiger partial charge in [0.25, 0.3) is 17.4 Å². The fraction of sp³-hybridized carbons (Fsp3) is 0.323. The third-order valence-corrected chi connectivity index (χ3v) is 8.17. The highest BCUT2D eigenvalue weighted by molar-refractivity contribution is 9.10. The van der Waals surface area contributed by atoms with Gasteiger partial charge in [0.2, 0.25) is 5.95 Å². The van der Waals surface area contributed by atoms with Crippen LogP contribution in [0.2, 0.25) is 0 Å². The van der Waals surface area contributed by atoms with Crippen molar-refractivity contribution >= 4 is 27.7 Å². The standard InChI is InChI=1S/C31H30BrF3N6O3/c1-17(2)11-19-14-37-40(15-19)30-38-26-16-39(28(43)21-7-10-25(32)24(13-21)31(33,34)35)18(3)12-23(26)29(44)41(30)22-8-5-20(6-9-22)27(42)36-4/h5-10,13-15,17-18H,11-12,16H2,1-4H3,(H,36,42). The average Bonchev–Trinajstić information content (AvgIpc) is 3.43. The quantitative estimate of drug-likeness (QED) is 0.298. The normalized spacial score (nSPS) is 14.9. The van der Waals surface area contributed by atoms with Gasteiger partial charge in [-0.05, 0) is 73.7 Å². The molecule has 0 bridgehead atoms. The number of alkyl halides is 3. The molecule has 0 saturated carbocycles. The van der Waals surface area contributed by atoms with Crippen molar-refractivity contribution in [1.82, 2.24) is 29.5 Å². The second kappa shape index (κ2) is 12.0. The molecule has 13 heteroatoms. The van der Waals surface area contributed by atoms with Gasteiger partial charge in [0.1, 0.15) is 0 Å². The highest BCUT2D eigenvalue weighted by Gasteiger charge is 2.36. The molecule has 1 aliphatic rings. The van der Waals surface area contributed by atoms with Crippen LogP contribution < -0.4 is 10.9 Å². The van der Waals surface area contributed by atoms with E-state index < -0.39 is 23.7 Å². The molecule has 5 rings (SSSR count). The van der Waals surface area contributed by atoms with Crippen molar-refractivity contribution in [3.63, 3.8) is 0 Å². The molecule has 1 aliphatic heterocycles. The van der Waals surface area contributed by atoms with Crippen LogP contribution in [0, 0.1) is 5.92 Å². The number of halogens is 4. The number of nitrogens with one attached hydrogen (secondary N) is 1. The molecule has 2 aromatic carbocycles. The molecule has 3 heterocycles. The van der Waals surface area contributed by atoms with Gasteiger partial charge in [-0.15, -0.1) is 0 Å². The molecule has 9 nitrogen and oxygen atoms in total. The van der Waals surface area contributed by atoms with Crippen molar-refractivity contribution in [2.24, 2.45) is 5.92 Å². The van der Waals surface area contributed by atoms with Crippen LogP contribution in [-0.4, -0.2) is 49.1 Å². The zero-order valence-electron chi connectivity index (χ0n) is 24.4. The first-order chi connectivity index (χ1) is 20.8. The average molecular weight is 672 g/mol. The van der Waals surface area contributed by atoms with Crippen LogP contribution in [0.15, 0.2) is 64.1 Å². The SMILES string of the molecule is CNC(=O)c1ccc(-n2c(-n3cc(CC(C)C)cn3)nc3c(c2=O)CC(C)N(C(=O)c2ccc(Br)c(C(F)(F)F)c2)C3)cc1. The number of hydrogen-bond acceptors (Lipinski definition) is 5. The molecule has 230 valence electrons. The van der Waals surface area contributed by atoms with E-state index in [9.17, 15) is 27.6 Å². The summed E-state index contributed by atoms with van der Waals surface area (Å²) in [4.78, 5) is 46.0. The molecule has 2 amide bonds. The van der Waals surface area contributed by atoms with Crippen molar-refractivity contribution in [2.75, 3.05) is 7.05 Å². The minimum absolute atomic E-state index is 0.0778. The molecule has 0 saturated heterocycles. The van der Waals surface area contributed by atoms with Crippen LogP contribution in [0.25, 0.3) is 11.6 Å². The molecule has 44 heavy (non-hydrogen) atoms. The molecule has 0 radical (unpaired) electrons. The number of benzene rings is 2. The number of carbonyl (C=O) groups excluding carboxylic acids is 2. The lowest BCUT2D eigenvalue weighted by Gasteiger charge is -2.34. The first-order valence-electron chi connectivity index (χ1n) is 14.0. The second-order valence-electron chi connectivity index (χ2n) is 11.2. The van der Waals surface area contributed by atoms with Crippen molar-refractivity contribution in [1.29, 1.82) is 0 Å². The highest BCUT2D eigenvalue weighted by atomic mass is 79.9. The predicted octanol–water partition coefficient (Wildman–Crippen LogP) is 5.34. The first kappa shape index (κ1) is 31.2. The molecule has 0 aliphatic carbocycles. The molecule has 1 unspecified atom stereocenters. The Balaban J connectivity index is 1.60. The van der Waals surface area contributed by atoms with E-state index in [0.29, 0.717) is 28.4 Å². The molecule has 1 atom stereocenters. The van der Waals surface area contributed by atoms with E-state index in [1.54, 1.807) is 43.6 Å². The summed E-state index contributed by atoms with van der Waals surface area (Å²) in [5.41, 5.74) is 1.12. The summed E-state index contributed by atoms with van der Waals surface area (Å²) in [6.07, 6.45) is -0.257. The fourth-order valence-electron chi connectivity index (χ4n) is 5.30. The van der Waals surface area contributed by atoms with E-state index in [1.807, 2.05) is 0 Å². The maximum atomic E-state index is 14.1. The number of hydrogen-bond donors (Lipinski definition) is 1. The Morgan fingerprint density at radius 1 is 1.11 bits per heavy atom. The van der Waals surface area contributed by atoms with Crippen LogP contribution in [0.5, 0.6) is 0 Å². The topological polar surface area (TPSA) is 102 Å². The van der Waals surface area contributed by atoms with E-state index in [-0.39, 0.29) is 40.4 Å². The molecule has 0 fully saturated rings. The highest BCUT2D eigenvalue weighted by Crippen LogP contribution is 2.36. The largest absolute Gasteiger partial charge is 0.417 e. The van der Waals surface area contributed by atoms with E-state index >= 15 is 0 Å². The number of rotatable bonds is 6. The van der Waals surface area contributed by atoms with Crippen molar-refractivity contribution < 1.29 is 22.8 Å². The van der Waals surface area contributed by atoms with E-state index in [0.717, 1.165) is 18.1 Å². The fourth-order valence-corrected chi connectivity index (χ4v) is 5.77. The third-order valence-electron chi connectivity index (χ3n) is 7.48. The first-order valence-corrected chi connectivity index (χ1v) is 14.8. The van der Waals surface area contributed by atoms with E-state index in [4.69, 9.17) is 4.98 Å². The monoisotopic (exact) mass is 670 g/mol. The molecule has 0 spiro atoms. The summed E-state index contributed by atoms with van der Waals surface area (Å²) in [5.74, 6) is -0.330. The molecule has 4 aromatic rings. The summed E-state index contributed by atoms with van der Waals surface area (Å²) in [7, 11) is 1.53. The predicted molar refractivity (Wildman–Crippen MR) is 161 cm³/mol. The zero-order chi connectivity index (χ0) is 31.9. The Bertz CT molecular complexity index is 1800. The van der Waals surface area contributed by atoms with Crippen LogP contribution in [0.3, 0.4) is 0 Å². The lowest BCUT2D eigenvalue weighted by atomic mass is 9.98. The maximum absolute atomic E-state index is 14.1. The third kappa shape index (κ3) is 6.05.